The second-order valence-corrected chi connectivity index (χ2v) is 16.0. The van der Waals surface area contributed by atoms with Gasteiger partial charge in [-0.25, -0.2) is 18.4 Å². The number of aryl methyl sites for hydroxylation is 1. The van der Waals surface area contributed by atoms with Gasteiger partial charge in [0.15, 0.2) is 0 Å². The molecule has 2 N–H and O–H groups in total. The van der Waals surface area contributed by atoms with Gasteiger partial charge in [-0.2, -0.15) is 4.80 Å². The zero-order valence-electron chi connectivity index (χ0n) is 34.3. The first-order valence-electron chi connectivity index (χ1n) is 19.4. The molecule has 0 radical (unpaired) electrons. The van der Waals surface area contributed by atoms with Crippen LogP contribution in [0.15, 0.2) is 54.6 Å². The largest absolute Gasteiger partial charge is 0.497 e. The van der Waals surface area contributed by atoms with Gasteiger partial charge in [-0.3, -0.25) is 19.4 Å². The van der Waals surface area contributed by atoms with Crippen molar-refractivity contribution < 1.29 is 46.7 Å². The summed E-state index contributed by atoms with van der Waals surface area (Å²) in [6, 6.07) is 15.0. The van der Waals surface area contributed by atoms with E-state index in [2.05, 4.69) is 26.0 Å². The number of rotatable bonds is 9. The fraction of sp³-hybridized carbons (Fsp3) is 0.425. The summed E-state index contributed by atoms with van der Waals surface area (Å²) in [5.41, 5.74) is 3.33. The van der Waals surface area contributed by atoms with Crippen LogP contribution < -0.4 is 30.8 Å². The normalized spacial score (nSPS) is 20.1. The van der Waals surface area contributed by atoms with Crippen molar-refractivity contribution in [3.63, 3.8) is 0 Å². The number of nitrogens with one attached hydrogen (secondary N) is 2. The fourth-order valence-electron chi connectivity index (χ4n) is 7.05. The summed E-state index contributed by atoms with van der Waals surface area (Å²) in [5.74, 6) is -0.812. The highest BCUT2D eigenvalue weighted by molar-refractivity contribution is 6.62. The molecular weight excluding hydrogens is 783 g/mol. The minimum atomic E-state index is -0.818. The quantitative estimate of drug-likeness (QED) is 0.235. The summed E-state index contributed by atoms with van der Waals surface area (Å²) in [5, 5.41) is 17.4. The molecule has 3 aromatic carbocycles. The van der Waals surface area contributed by atoms with Gasteiger partial charge in [-0.15, -0.1) is 5.10 Å². The predicted molar refractivity (Wildman–Crippen MR) is 215 cm³/mol. The van der Waals surface area contributed by atoms with Gasteiger partial charge in [0.2, 0.25) is 11.8 Å². The first-order chi connectivity index (χ1) is 28.4. The molecule has 5 heterocycles. The van der Waals surface area contributed by atoms with Crippen LogP contribution in [0.1, 0.15) is 52.7 Å². The summed E-state index contributed by atoms with van der Waals surface area (Å²) in [4.78, 5) is 52.5. The molecular formula is C40H46BF2N9O8. The number of cyclic esters (lactones) is 2. The van der Waals surface area contributed by atoms with Gasteiger partial charge in [0.25, 0.3) is 5.95 Å². The van der Waals surface area contributed by atoms with Crippen LogP contribution in [0.25, 0.3) is 11.1 Å². The standard InChI is InChI=1S/C22H22FN7O3.C18H24BFN2O5/c1-13(31)24-9-18-12-30(22(32)33-18)17-5-6-19(20(23)8-17)14-3-4-15-10-29(11-16(15)7-14)21-25-27-28(2)26-21;1-11(23)21-9-13-10-22(16(24)25-13)12-6-7-14(15(20)8-12)19-26-17(2,3)18(4,5)27-19/h3-8,18H,9-12H2,1-2H3,(H,24,31);6-8,13H,9-10H2,1-5H3,(H,21,23)/t18-;13-/m00/s1. The Kier molecular flexibility index (Phi) is 11.5. The summed E-state index contributed by atoms with van der Waals surface area (Å²) in [7, 11) is 0.900. The van der Waals surface area contributed by atoms with Crippen molar-refractivity contribution in [2.75, 3.05) is 40.9 Å². The molecule has 0 spiro atoms. The molecule has 0 bridgehead atoms. The molecule has 17 nitrogen and oxygen atoms in total. The summed E-state index contributed by atoms with van der Waals surface area (Å²) in [6.07, 6.45) is -2.10. The van der Waals surface area contributed by atoms with E-state index in [1.54, 1.807) is 31.3 Å². The monoisotopic (exact) mass is 829 g/mol. The third kappa shape index (κ3) is 8.89. The van der Waals surface area contributed by atoms with E-state index in [-0.39, 0.29) is 43.5 Å². The molecule has 4 aliphatic heterocycles. The van der Waals surface area contributed by atoms with Crippen LogP contribution in [-0.2, 0) is 48.5 Å². The molecule has 4 aromatic rings. The first-order valence-corrected chi connectivity index (χ1v) is 19.4. The van der Waals surface area contributed by atoms with Gasteiger partial charge in [0, 0.05) is 38.0 Å². The molecule has 60 heavy (non-hydrogen) atoms. The molecule has 20 heteroatoms. The second kappa shape index (κ2) is 16.5. The van der Waals surface area contributed by atoms with Gasteiger partial charge in [0.05, 0.1) is 55.8 Å². The van der Waals surface area contributed by atoms with E-state index in [4.69, 9.17) is 18.8 Å². The Hall–Kier alpha value is -6.15. The lowest BCUT2D eigenvalue weighted by Gasteiger charge is -2.32. The molecule has 3 fully saturated rings. The van der Waals surface area contributed by atoms with Crippen molar-refractivity contribution in [3.8, 4) is 11.1 Å². The van der Waals surface area contributed by atoms with Crippen LogP contribution in [0.3, 0.4) is 0 Å². The zero-order chi connectivity index (χ0) is 43.1. The smallest absolute Gasteiger partial charge is 0.442 e. The van der Waals surface area contributed by atoms with Gasteiger partial charge < -0.3 is 34.3 Å². The van der Waals surface area contributed by atoms with Crippen LogP contribution in [-0.4, -0.2) is 101 Å². The van der Waals surface area contributed by atoms with Crippen LogP contribution in [0.2, 0.25) is 0 Å². The Labute approximate surface area is 345 Å². The van der Waals surface area contributed by atoms with Gasteiger partial charge in [-0.05, 0) is 86.0 Å². The van der Waals surface area contributed by atoms with Gasteiger partial charge >= 0.3 is 19.3 Å². The molecule has 4 aliphatic rings. The Bertz CT molecular complexity index is 2310. The maximum Gasteiger partial charge on any atom is 0.497 e. The van der Waals surface area contributed by atoms with Crippen molar-refractivity contribution in [3.05, 3.63) is 77.4 Å². The molecule has 2 atom stereocenters. The summed E-state index contributed by atoms with van der Waals surface area (Å²) >= 11 is 0. The molecule has 316 valence electrons. The maximum atomic E-state index is 15.1. The molecule has 0 unspecified atom stereocenters. The second-order valence-electron chi connectivity index (χ2n) is 16.0. The number of tetrazole rings is 1. The van der Waals surface area contributed by atoms with E-state index in [0.717, 1.165) is 16.7 Å². The molecule has 0 saturated carbocycles. The van der Waals surface area contributed by atoms with Crippen LogP contribution >= 0.6 is 0 Å². The Balaban J connectivity index is 0.000000186. The zero-order valence-corrected chi connectivity index (χ0v) is 34.3. The number of anilines is 3. The maximum absolute atomic E-state index is 15.1. The molecule has 0 aliphatic carbocycles. The highest BCUT2D eigenvalue weighted by Crippen LogP contribution is 2.37. The highest BCUT2D eigenvalue weighted by atomic mass is 19.1. The summed E-state index contributed by atoms with van der Waals surface area (Å²) < 4.78 is 52.1. The lowest BCUT2D eigenvalue weighted by atomic mass is 9.78. The number of nitrogens with zero attached hydrogens (tertiary/aromatic N) is 7. The van der Waals surface area contributed by atoms with Gasteiger partial charge in [-0.1, -0.05) is 23.3 Å². The molecule has 3 saturated heterocycles. The number of hydrogen-bond donors (Lipinski definition) is 2. The number of aromatic nitrogens is 4. The Morgan fingerprint density at radius 1 is 0.783 bits per heavy atom. The number of carbonyl (C=O) groups excluding carboxylic acids is 4. The molecule has 8 rings (SSSR count). The predicted octanol–water partition coefficient (Wildman–Crippen LogP) is 3.58. The van der Waals surface area contributed by atoms with E-state index in [1.807, 2.05) is 50.8 Å². The Morgan fingerprint density at radius 2 is 1.33 bits per heavy atom. The van der Waals surface area contributed by atoms with Crippen LogP contribution in [0.5, 0.6) is 0 Å². The van der Waals surface area contributed by atoms with Gasteiger partial charge in [0.1, 0.15) is 23.8 Å². The lowest BCUT2D eigenvalue weighted by molar-refractivity contribution is -0.120. The average molecular weight is 830 g/mol. The van der Waals surface area contributed by atoms with E-state index in [9.17, 15) is 23.6 Å². The third-order valence-corrected chi connectivity index (χ3v) is 11.0. The molecule has 4 amide bonds. The summed E-state index contributed by atoms with van der Waals surface area (Å²) in [6.45, 7) is 12.6. The number of fused-ring (bicyclic) bond motifs is 1. The van der Waals surface area contributed by atoms with Crippen molar-refractivity contribution in [1.29, 1.82) is 0 Å². The Morgan fingerprint density at radius 3 is 1.85 bits per heavy atom. The van der Waals surface area contributed by atoms with Crippen molar-refractivity contribution >= 4 is 53.9 Å². The minimum absolute atomic E-state index is 0.203. The highest BCUT2D eigenvalue weighted by Gasteiger charge is 2.52. The number of carbonyl (C=O) groups is 4. The topological polar surface area (TPSA) is 183 Å². The number of amides is 4. The number of ether oxygens (including phenoxy) is 2. The average Bonchev–Trinajstić information content (AvgIpc) is 4.00. The number of halogens is 2. The van der Waals surface area contributed by atoms with E-state index in [0.29, 0.717) is 36.0 Å². The molecule has 1 aromatic heterocycles. The van der Waals surface area contributed by atoms with Crippen molar-refractivity contribution in [1.82, 2.24) is 30.8 Å². The van der Waals surface area contributed by atoms with Crippen LogP contribution in [0, 0.1) is 11.6 Å². The van der Waals surface area contributed by atoms with E-state index >= 15 is 4.39 Å². The fourth-order valence-corrected chi connectivity index (χ4v) is 7.05. The minimum Gasteiger partial charge on any atom is -0.442 e. The van der Waals surface area contributed by atoms with Crippen molar-refractivity contribution in [2.45, 2.75) is 78.0 Å². The number of hydrogen-bond acceptors (Lipinski definition) is 12. The first kappa shape index (κ1) is 42.0. The third-order valence-electron chi connectivity index (χ3n) is 11.0. The SMILES string of the molecule is CC(=O)NC[C@H]1CN(c2ccc(-c3ccc4c(c3)CN(c3nnn(C)n3)C4)c(F)c2)C(=O)O1.CC(=O)NC[C@H]1CN(c2ccc(B3OC(C)(C)C(C)(C)O3)c(F)c2)C(=O)O1. The number of benzene rings is 3. The van der Waals surface area contributed by atoms with Crippen molar-refractivity contribution in [2.24, 2.45) is 7.05 Å². The van der Waals surface area contributed by atoms with Crippen LogP contribution in [0.4, 0.5) is 35.7 Å². The van der Waals surface area contributed by atoms with E-state index < -0.39 is 54.3 Å². The van der Waals surface area contributed by atoms with E-state index in [1.165, 1.54) is 40.6 Å². The lowest BCUT2D eigenvalue weighted by Crippen LogP contribution is -2.41.